The lowest BCUT2D eigenvalue weighted by atomic mass is 9.95. The van der Waals surface area contributed by atoms with Crippen LogP contribution in [0.1, 0.15) is 20.7 Å². The number of nitrogens with two attached hydrogens (primary N) is 2. The zero-order valence-corrected chi connectivity index (χ0v) is 9.74. The van der Waals surface area contributed by atoms with E-state index in [1.54, 1.807) is 12.1 Å². The molecule has 0 aliphatic carbocycles. The van der Waals surface area contributed by atoms with Gasteiger partial charge in [0.1, 0.15) is 12.2 Å². The van der Waals surface area contributed by atoms with Crippen LogP contribution in [0, 0.1) is 0 Å². The Bertz CT molecular complexity index is 406. The Labute approximate surface area is 104 Å². The van der Waals surface area contributed by atoms with E-state index >= 15 is 0 Å². The minimum absolute atomic E-state index is 0.0351. The van der Waals surface area contributed by atoms with Gasteiger partial charge >= 0.3 is 0 Å². The molecule has 1 aromatic rings. The third-order valence-corrected chi connectivity index (χ3v) is 2.51. The Morgan fingerprint density at radius 3 is 1.56 bits per heavy atom. The molecule has 18 heavy (non-hydrogen) atoms. The molecule has 0 spiro atoms. The number of hydrogen-bond acceptors (Lipinski definition) is 6. The van der Waals surface area contributed by atoms with Gasteiger partial charge in [0.2, 0.25) is 0 Å². The van der Waals surface area contributed by atoms with E-state index in [1.807, 2.05) is 0 Å². The summed E-state index contributed by atoms with van der Waals surface area (Å²) in [5, 5.41) is 18.8. The molecule has 0 aromatic heterocycles. The van der Waals surface area contributed by atoms with Gasteiger partial charge in [-0.15, -0.1) is 0 Å². The van der Waals surface area contributed by atoms with E-state index in [0.29, 0.717) is 0 Å². The van der Waals surface area contributed by atoms with E-state index < -0.39 is 23.8 Å². The molecule has 0 aliphatic heterocycles. The molecule has 2 atom stereocenters. The van der Waals surface area contributed by atoms with Crippen LogP contribution >= 0.6 is 0 Å². The van der Waals surface area contributed by atoms with Crippen LogP contribution in [0.15, 0.2) is 24.3 Å². The molecule has 6 nitrogen and oxygen atoms in total. The van der Waals surface area contributed by atoms with Crippen molar-refractivity contribution in [3.05, 3.63) is 35.4 Å². The second-order valence-corrected chi connectivity index (χ2v) is 3.78. The maximum absolute atomic E-state index is 11.8. The van der Waals surface area contributed by atoms with Gasteiger partial charge in [0.15, 0.2) is 11.6 Å². The summed E-state index contributed by atoms with van der Waals surface area (Å²) >= 11 is 0. The summed E-state index contributed by atoms with van der Waals surface area (Å²) in [6.07, 6.45) is -2.73. The van der Waals surface area contributed by atoms with Crippen LogP contribution in [0.4, 0.5) is 0 Å². The van der Waals surface area contributed by atoms with Crippen molar-refractivity contribution in [2.24, 2.45) is 11.5 Å². The molecule has 0 radical (unpaired) electrons. The summed E-state index contributed by atoms with van der Waals surface area (Å²) in [5.74, 6) is -1.30. The third-order valence-electron chi connectivity index (χ3n) is 2.51. The Morgan fingerprint density at radius 1 is 0.944 bits per heavy atom. The zero-order valence-electron chi connectivity index (χ0n) is 9.74. The Balaban J connectivity index is 3.14. The highest BCUT2D eigenvalue weighted by atomic mass is 16.3. The average Bonchev–Trinajstić information content (AvgIpc) is 2.43. The van der Waals surface area contributed by atoms with Crippen molar-refractivity contribution in [3.63, 3.8) is 0 Å². The molecule has 1 rings (SSSR count). The van der Waals surface area contributed by atoms with Gasteiger partial charge in [-0.3, -0.25) is 9.59 Å². The van der Waals surface area contributed by atoms with E-state index in [1.165, 1.54) is 12.1 Å². The summed E-state index contributed by atoms with van der Waals surface area (Å²) in [6, 6.07) is 5.92. The van der Waals surface area contributed by atoms with Crippen molar-refractivity contribution in [2.45, 2.75) is 12.2 Å². The van der Waals surface area contributed by atoms with Crippen molar-refractivity contribution >= 4 is 11.6 Å². The molecule has 0 fully saturated rings. The standard InChI is InChI=1S/C12H16N2O4/c13-5-9(15)11(17)7-3-1-2-4-8(7)12(18)10(16)6-14/h1-4,9-10,15-16H,5-6,13-14H2. The van der Waals surface area contributed by atoms with Crippen molar-refractivity contribution in [2.75, 3.05) is 13.1 Å². The molecule has 0 heterocycles. The van der Waals surface area contributed by atoms with Crippen LogP contribution in [0.25, 0.3) is 0 Å². The highest BCUT2D eigenvalue weighted by Gasteiger charge is 2.24. The van der Waals surface area contributed by atoms with Gasteiger partial charge in [-0.25, -0.2) is 0 Å². The highest BCUT2D eigenvalue weighted by Crippen LogP contribution is 2.13. The summed E-state index contributed by atoms with van der Waals surface area (Å²) in [7, 11) is 0. The van der Waals surface area contributed by atoms with Crippen molar-refractivity contribution < 1.29 is 19.8 Å². The van der Waals surface area contributed by atoms with Gasteiger partial charge in [0.05, 0.1) is 0 Å². The smallest absolute Gasteiger partial charge is 0.193 e. The summed E-state index contributed by atoms with van der Waals surface area (Å²) in [4.78, 5) is 23.6. The second-order valence-electron chi connectivity index (χ2n) is 3.78. The van der Waals surface area contributed by atoms with E-state index in [9.17, 15) is 19.8 Å². The van der Waals surface area contributed by atoms with Crippen LogP contribution in [0.5, 0.6) is 0 Å². The van der Waals surface area contributed by atoms with Crippen LogP contribution < -0.4 is 11.5 Å². The molecule has 0 aliphatic rings. The first kappa shape index (κ1) is 14.5. The van der Waals surface area contributed by atoms with Crippen molar-refractivity contribution in [1.29, 1.82) is 0 Å². The van der Waals surface area contributed by atoms with Gasteiger partial charge in [-0.1, -0.05) is 24.3 Å². The fourth-order valence-corrected chi connectivity index (χ4v) is 1.49. The molecule has 1 aromatic carbocycles. The van der Waals surface area contributed by atoms with Gasteiger partial charge in [-0.2, -0.15) is 0 Å². The SMILES string of the molecule is NCC(O)C(=O)c1ccccc1C(=O)C(O)CN. The van der Waals surface area contributed by atoms with E-state index in [2.05, 4.69) is 0 Å². The number of aliphatic hydroxyl groups excluding tert-OH is 2. The molecule has 0 amide bonds. The molecule has 0 bridgehead atoms. The molecular formula is C12H16N2O4. The summed E-state index contributed by atoms with van der Waals surface area (Å²) < 4.78 is 0. The van der Waals surface area contributed by atoms with E-state index in [-0.39, 0.29) is 24.2 Å². The first-order chi connectivity index (χ1) is 8.52. The van der Waals surface area contributed by atoms with Gasteiger partial charge < -0.3 is 21.7 Å². The fraction of sp³-hybridized carbons (Fsp3) is 0.333. The molecule has 6 heteroatoms. The third kappa shape index (κ3) is 2.99. The van der Waals surface area contributed by atoms with Crippen LogP contribution in [0.2, 0.25) is 0 Å². The average molecular weight is 252 g/mol. The van der Waals surface area contributed by atoms with Gasteiger partial charge in [-0.05, 0) is 0 Å². The lowest BCUT2D eigenvalue weighted by Gasteiger charge is -2.13. The van der Waals surface area contributed by atoms with Crippen LogP contribution in [-0.4, -0.2) is 47.1 Å². The predicted molar refractivity (Wildman–Crippen MR) is 65.2 cm³/mol. The number of hydrogen-bond donors (Lipinski definition) is 4. The molecule has 98 valence electrons. The van der Waals surface area contributed by atoms with Crippen molar-refractivity contribution in [3.8, 4) is 0 Å². The quantitative estimate of drug-likeness (QED) is 0.466. The maximum Gasteiger partial charge on any atom is 0.193 e. The lowest BCUT2D eigenvalue weighted by molar-refractivity contribution is 0.0730. The number of rotatable bonds is 6. The van der Waals surface area contributed by atoms with Gasteiger partial charge in [0, 0.05) is 24.2 Å². The Morgan fingerprint density at radius 2 is 1.28 bits per heavy atom. The number of carbonyl (C=O) groups is 2. The van der Waals surface area contributed by atoms with E-state index in [0.717, 1.165) is 0 Å². The predicted octanol–water partition coefficient (Wildman–Crippen LogP) is -1.31. The lowest BCUT2D eigenvalue weighted by Crippen LogP contribution is -2.33. The molecular weight excluding hydrogens is 236 g/mol. The fourth-order valence-electron chi connectivity index (χ4n) is 1.49. The highest BCUT2D eigenvalue weighted by molar-refractivity contribution is 6.11. The largest absolute Gasteiger partial charge is 0.384 e. The molecule has 6 N–H and O–H groups in total. The zero-order chi connectivity index (χ0) is 13.7. The Hall–Kier alpha value is -1.60. The maximum atomic E-state index is 11.8. The number of carbonyl (C=O) groups excluding carboxylic acids is 2. The van der Waals surface area contributed by atoms with Crippen molar-refractivity contribution in [1.82, 2.24) is 0 Å². The van der Waals surface area contributed by atoms with Crippen LogP contribution in [-0.2, 0) is 0 Å². The minimum atomic E-state index is -1.37. The first-order valence-corrected chi connectivity index (χ1v) is 5.46. The Kier molecular flexibility index (Phi) is 5.11. The topological polar surface area (TPSA) is 127 Å². The van der Waals surface area contributed by atoms with E-state index in [4.69, 9.17) is 11.5 Å². The van der Waals surface area contributed by atoms with Crippen LogP contribution in [0.3, 0.4) is 0 Å². The minimum Gasteiger partial charge on any atom is -0.384 e. The number of ketones is 2. The summed E-state index contributed by atoms with van der Waals surface area (Å²) in [5.41, 5.74) is 10.5. The summed E-state index contributed by atoms with van der Waals surface area (Å²) in [6.45, 7) is -0.471. The normalized spacial score (nSPS) is 14.0. The van der Waals surface area contributed by atoms with Gasteiger partial charge in [0.25, 0.3) is 0 Å². The second kappa shape index (κ2) is 6.36. The number of aliphatic hydroxyl groups is 2. The molecule has 2 unspecified atom stereocenters. The monoisotopic (exact) mass is 252 g/mol. The first-order valence-electron chi connectivity index (χ1n) is 5.46. The molecule has 0 saturated carbocycles. The number of Topliss-reactive ketones (excluding diaryl/α,β-unsaturated/α-hetero) is 2. The molecule has 0 saturated heterocycles. The number of benzene rings is 1.